The van der Waals surface area contributed by atoms with Gasteiger partial charge in [0.2, 0.25) is 5.91 Å². The van der Waals surface area contributed by atoms with Gasteiger partial charge >= 0.3 is 0 Å². The lowest BCUT2D eigenvalue weighted by Crippen LogP contribution is -2.58. The van der Waals surface area contributed by atoms with E-state index in [2.05, 4.69) is 21.0 Å². The molecule has 0 aliphatic carbocycles. The maximum atomic E-state index is 13.3. The van der Waals surface area contributed by atoms with Crippen LogP contribution in [0.15, 0.2) is 40.9 Å². The predicted molar refractivity (Wildman–Crippen MR) is 136 cm³/mol. The van der Waals surface area contributed by atoms with Crippen molar-refractivity contribution in [1.82, 2.24) is 19.9 Å². The summed E-state index contributed by atoms with van der Waals surface area (Å²) in [4.78, 5) is 20.8. The van der Waals surface area contributed by atoms with Gasteiger partial charge in [-0.3, -0.25) is 9.69 Å². The number of thiophene rings is 1. The summed E-state index contributed by atoms with van der Waals surface area (Å²) < 4.78 is 6.24. The van der Waals surface area contributed by atoms with Crippen molar-refractivity contribution in [2.75, 3.05) is 38.5 Å². The average Bonchev–Trinajstić information content (AvgIpc) is 3.59. The van der Waals surface area contributed by atoms with Crippen LogP contribution in [0.5, 0.6) is 0 Å². The Hall–Kier alpha value is -2.90. The number of rotatable bonds is 7. The second-order valence-electron chi connectivity index (χ2n) is 9.17. The van der Waals surface area contributed by atoms with Gasteiger partial charge in [-0.1, -0.05) is 22.8 Å². The topological polar surface area (TPSA) is 103 Å². The molecule has 3 aromatic rings. The van der Waals surface area contributed by atoms with Gasteiger partial charge in [-0.05, 0) is 55.8 Å². The van der Waals surface area contributed by atoms with Crippen molar-refractivity contribution in [3.8, 4) is 16.7 Å². The number of carbonyl (C=O) groups is 1. The number of anilines is 1. The standard InChI is InChI=1S/C25H27ClN6O2S/c26-24-6-5-23(35-24)22-10-19(29-34-22)13-31-15-20(14-30-7-1-2-8-30)32(25(33)16-31)12-17-3-4-18(11-27)21(28)9-17/h3-6,9-10,20H,1-2,7-8,12-16,28H2. The molecular weight excluding hydrogens is 484 g/mol. The van der Waals surface area contributed by atoms with Gasteiger partial charge in [0.05, 0.1) is 33.1 Å². The van der Waals surface area contributed by atoms with Gasteiger partial charge in [0.15, 0.2) is 5.76 Å². The molecule has 10 heteroatoms. The summed E-state index contributed by atoms with van der Waals surface area (Å²) in [6, 6.07) is 13.2. The van der Waals surface area contributed by atoms with E-state index >= 15 is 0 Å². The molecule has 0 saturated carbocycles. The molecule has 0 spiro atoms. The summed E-state index contributed by atoms with van der Waals surface area (Å²) in [6.45, 7) is 5.07. The summed E-state index contributed by atoms with van der Waals surface area (Å²) in [5.41, 5.74) is 8.66. The van der Waals surface area contributed by atoms with Crippen LogP contribution in [0.25, 0.3) is 10.6 Å². The number of hydrogen-bond donors (Lipinski definition) is 1. The van der Waals surface area contributed by atoms with Crippen molar-refractivity contribution in [3.05, 3.63) is 57.6 Å². The molecule has 2 aliphatic rings. The smallest absolute Gasteiger partial charge is 0.237 e. The fourth-order valence-corrected chi connectivity index (χ4v) is 5.88. The fourth-order valence-electron chi connectivity index (χ4n) is 4.89. The van der Waals surface area contributed by atoms with Crippen molar-refractivity contribution < 1.29 is 9.32 Å². The first-order chi connectivity index (χ1) is 17.0. The van der Waals surface area contributed by atoms with Gasteiger partial charge in [-0.2, -0.15) is 5.26 Å². The van der Waals surface area contributed by atoms with Gasteiger partial charge in [0.25, 0.3) is 0 Å². The van der Waals surface area contributed by atoms with E-state index in [0.717, 1.165) is 42.3 Å². The number of nitriles is 1. The molecule has 2 fully saturated rings. The van der Waals surface area contributed by atoms with Crippen LogP contribution >= 0.6 is 22.9 Å². The summed E-state index contributed by atoms with van der Waals surface area (Å²) in [6.07, 6.45) is 2.40. The lowest BCUT2D eigenvalue weighted by molar-refractivity contribution is -0.141. The van der Waals surface area contributed by atoms with Crippen LogP contribution in [-0.4, -0.2) is 64.5 Å². The van der Waals surface area contributed by atoms with Crippen molar-refractivity contribution in [2.45, 2.75) is 32.0 Å². The number of nitrogens with zero attached hydrogens (tertiary/aromatic N) is 5. The van der Waals surface area contributed by atoms with E-state index in [1.165, 1.54) is 24.2 Å². The molecule has 5 rings (SSSR count). The Balaban J connectivity index is 1.31. The summed E-state index contributed by atoms with van der Waals surface area (Å²) in [5, 5.41) is 13.4. The monoisotopic (exact) mass is 510 g/mol. The van der Waals surface area contributed by atoms with E-state index in [0.29, 0.717) is 41.0 Å². The number of hydrogen-bond acceptors (Lipinski definition) is 8. The molecule has 1 atom stereocenters. The molecule has 2 N–H and O–H groups in total. The van der Waals surface area contributed by atoms with Gasteiger partial charge in [0.1, 0.15) is 6.07 Å². The molecule has 2 saturated heterocycles. The minimum absolute atomic E-state index is 0.0497. The number of piperazine rings is 1. The van der Waals surface area contributed by atoms with Crippen LogP contribution in [0.4, 0.5) is 5.69 Å². The highest BCUT2D eigenvalue weighted by molar-refractivity contribution is 7.19. The zero-order chi connectivity index (χ0) is 24.4. The van der Waals surface area contributed by atoms with Crippen molar-refractivity contribution >= 4 is 34.5 Å². The Morgan fingerprint density at radius 2 is 2.00 bits per heavy atom. The van der Waals surface area contributed by atoms with Gasteiger partial charge in [-0.25, -0.2) is 0 Å². The molecule has 1 aromatic carbocycles. The van der Waals surface area contributed by atoms with Gasteiger partial charge in [-0.15, -0.1) is 11.3 Å². The van der Waals surface area contributed by atoms with Gasteiger partial charge < -0.3 is 20.1 Å². The largest absolute Gasteiger partial charge is 0.398 e. The second-order valence-corrected chi connectivity index (χ2v) is 10.9. The van der Waals surface area contributed by atoms with Crippen molar-refractivity contribution in [1.29, 1.82) is 5.26 Å². The van der Waals surface area contributed by atoms with Crippen molar-refractivity contribution in [2.24, 2.45) is 0 Å². The Labute approximate surface area is 213 Å². The fraction of sp³-hybridized carbons (Fsp3) is 0.400. The van der Waals surface area contributed by atoms with E-state index in [-0.39, 0.29) is 11.9 Å². The van der Waals surface area contributed by atoms with E-state index in [1.807, 2.05) is 29.2 Å². The first-order valence-electron chi connectivity index (χ1n) is 11.7. The number of carbonyl (C=O) groups excluding carboxylic acids is 1. The molecule has 2 aromatic heterocycles. The average molecular weight is 511 g/mol. The van der Waals surface area contributed by atoms with E-state index in [4.69, 9.17) is 27.1 Å². The SMILES string of the molecule is N#Cc1ccc(CN2C(=O)CN(Cc3cc(-c4ccc(Cl)s4)on3)CC2CN2CCCC2)cc1N. The number of nitrogen functional groups attached to an aromatic ring is 1. The molecular formula is C25H27ClN6O2S. The van der Waals surface area contributed by atoms with Crippen LogP contribution in [0, 0.1) is 11.3 Å². The summed E-state index contributed by atoms with van der Waals surface area (Å²) in [7, 11) is 0. The third-order valence-corrected chi connectivity index (χ3v) is 7.85. The molecule has 0 bridgehead atoms. The maximum Gasteiger partial charge on any atom is 0.237 e. The minimum atomic E-state index is 0.0497. The number of halogens is 1. The lowest BCUT2D eigenvalue weighted by atomic mass is 10.1. The van der Waals surface area contributed by atoms with Crippen LogP contribution < -0.4 is 5.73 Å². The highest BCUT2D eigenvalue weighted by Gasteiger charge is 2.34. The molecule has 0 radical (unpaired) electrons. The zero-order valence-electron chi connectivity index (χ0n) is 19.3. The van der Waals surface area contributed by atoms with Crippen LogP contribution in [0.1, 0.15) is 29.7 Å². The molecule has 2 aliphatic heterocycles. The van der Waals surface area contributed by atoms with Crippen LogP contribution in [-0.2, 0) is 17.9 Å². The van der Waals surface area contributed by atoms with E-state index in [1.54, 1.807) is 12.1 Å². The Kier molecular flexibility index (Phi) is 7.07. The van der Waals surface area contributed by atoms with E-state index in [9.17, 15) is 4.79 Å². The molecule has 4 heterocycles. The number of likely N-dealkylation sites (tertiary alicyclic amines) is 1. The van der Waals surface area contributed by atoms with Crippen molar-refractivity contribution in [3.63, 3.8) is 0 Å². The maximum absolute atomic E-state index is 13.3. The first kappa shape index (κ1) is 23.8. The number of amides is 1. The minimum Gasteiger partial charge on any atom is -0.398 e. The van der Waals surface area contributed by atoms with Gasteiger partial charge in [0, 0.05) is 37.9 Å². The summed E-state index contributed by atoms with van der Waals surface area (Å²) in [5.74, 6) is 0.769. The van der Waals surface area contributed by atoms with Crippen LogP contribution in [0.3, 0.4) is 0 Å². The summed E-state index contributed by atoms with van der Waals surface area (Å²) >= 11 is 7.50. The highest BCUT2D eigenvalue weighted by Crippen LogP contribution is 2.31. The Bertz CT molecular complexity index is 1240. The molecule has 8 nitrogen and oxygen atoms in total. The molecule has 35 heavy (non-hydrogen) atoms. The molecule has 1 unspecified atom stereocenters. The Morgan fingerprint density at radius 3 is 2.71 bits per heavy atom. The predicted octanol–water partition coefficient (Wildman–Crippen LogP) is 3.82. The molecule has 1 amide bonds. The first-order valence-corrected chi connectivity index (χ1v) is 12.9. The molecule has 182 valence electrons. The number of benzene rings is 1. The lowest BCUT2D eigenvalue weighted by Gasteiger charge is -2.42. The number of nitrogens with two attached hydrogens (primary N) is 1. The highest BCUT2D eigenvalue weighted by atomic mass is 35.5. The normalized spacial score (nSPS) is 19.4. The zero-order valence-corrected chi connectivity index (χ0v) is 20.9. The second kappa shape index (κ2) is 10.4. The van der Waals surface area contributed by atoms with E-state index < -0.39 is 0 Å². The van der Waals surface area contributed by atoms with Crippen LogP contribution in [0.2, 0.25) is 4.34 Å². The third-order valence-electron chi connectivity index (χ3n) is 6.61. The third kappa shape index (κ3) is 5.52. The number of aromatic nitrogens is 1. The quantitative estimate of drug-likeness (QED) is 0.482. The Morgan fingerprint density at radius 1 is 1.17 bits per heavy atom.